The van der Waals surface area contributed by atoms with Crippen molar-refractivity contribution < 1.29 is 49.6 Å². The van der Waals surface area contributed by atoms with Gasteiger partial charge in [-0.05, 0) is 57.6 Å². The molecule has 6 N–H and O–H groups in total. The van der Waals surface area contributed by atoms with E-state index in [-0.39, 0.29) is 32.1 Å². The number of aliphatic hydroxyl groups is 6. The maximum atomic E-state index is 13.6. The third-order valence-corrected chi connectivity index (χ3v) is 12.7. The summed E-state index contributed by atoms with van der Waals surface area (Å²) in [7, 11) is 1.53. The molecule has 13 heteroatoms. The van der Waals surface area contributed by atoms with Crippen molar-refractivity contribution >= 4 is 0 Å². The smallest absolute Gasteiger partial charge is 0.170 e. The highest BCUT2D eigenvalue weighted by Gasteiger charge is 2.67. The van der Waals surface area contributed by atoms with Gasteiger partial charge in [0.15, 0.2) is 6.29 Å². The Morgan fingerprint density at radius 2 is 1.11 bits per heavy atom. The van der Waals surface area contributed by atoms with Crippen molar-refractivity contribution in [2.75, 3.05) is 20.3 Å². The van der Waals surface area contributed by atoms with E-state index in [1.165, 1.54) is 7.11 Å². The molecule has 0 radical (unpaired) electrons. The molecule has 0 bridgehead atoms. The fourth-order valence-electron chi connectivity index (χ4n) is 9.13. The summed E-state index contributed by atoms with van der Waals surface area (Å²) < 4.78 is 25.4. The molecular weight excluding hydrogens is 839 g/mol. The van der Waals surface area contributed by atoms with Crippen LogP contribution in [-0.4, -0.2) is 104 Å². The van der Waals surface area contributed by atoms with E-state index >= 15 is 0 Å². The lowest BCUT2D eigenvalue weighted by Gasteiger charge is -2.58. The molecular formula is C53H57N3O10. The number of rotatable bonds is 21. The molecule has 6 aromatic carbocycles. The number of hydrogen-bond acceptors (Lipinski definition) is 11. The van der Waals surface area contributed by atoms with Gasteiger partial charge in [0.25, 0.3) is 0 Å². The van der Waals surface area contributed by atoms with Crippen molar-refractivity contribution in [1.82, 2.24) is 0 Å². The van der Waals surface area contributed by atoms with E-state index in [0.717, 1.165) is 0 Å². The first-order valence-electron chi connectivity index (χ1n) is 21.9. The standard InChI is InChI=1S/C53H57N3O10/c1-63-43-27-29-44(30-28-43)64-36-46(51(60,33-40-21-11-4-12-22-40)50(59,37-57)32-39-19-9-3-10-20-39)65-49-47(55-56-54)52(61,34-41-23-13-5-14-24-41)53(62,35-42-25-15-6-16-26-42)48(66-49)45(58)31-38-17-7-2-8-18-38/h2-30,45-49,57-62H,31-37H2,1H3/t45?,46-,47+,48-,49+,50+,51-,52-,53-/m1/s1. The van der Waals surface area contributed by atoms with Crippen molar-refractivity contribution in [1.29, 1.82) is 0 Å². The molecule has 1 aliphatic heterocycles. The molecule has 1 heterocycles. The number of ether oxygens (including phenoxy) is 4. The highest BCUT2D eigenvalue weighted by atomic mass is 16.7. The Hall–Kier alpha value is -6.09. The zero-order valence-electron chi connectivity index (χ0n) is 36.7. The molecule has 0 amide bonds. The summed E-state index contributed by atoms with van der Waals surface area (Å²) in [6, 6.07) is 49.4. The molecule has 0 aliphatic carbocycles. The lowest BCUT2D eigenvalue weighted by atomic mass is 9.64. The van der Waals surface area contributed by atoms with Crippen LogP contribution in [0.2, 0.25) is 0 Å². The molecule has 1 aliphatic rings. The minimum absolute atomic E-state index is 0.0355. The van der Waals surface area contributed by atoms with E-state index in [1.54, 1.807) is 140 Å². The normalized spacial score (nSPS) is 23.3. The maximum Gasteiger partial charge on any atom is 0.170 e. The van der Waals surface area contributed by atoms with E-state index in [9.17, 15) is 36.2 Å². The number of hydrogen-bond donors (Lipinski definition) is 6. The number of azide groups is 1. The molecule has 0 aromatic heterocycles. The van der Waals surface area contributed by atoms with Crippen LogP contribution in [0, 0.1) is 0 Å². The van der Waals surface area contributed by atoms with Crippen LogP contribution in [0.4, 0.5) is 0 Å². The fraction of sp³-hybridized carbons (Fsp3) is 0.321. The Morgan fingerprint density at radius 3 is 1.59 bits per heavy atom. The zero-order valence-corrected chi connectivity index (χ0v) is 36.7. The first-order valence-corrected chi connectivity index (χ1v) is 21.9. The Balaban J connectivity index is 1.41. The molecule has 344 valence electrons. The van der Waals surface area contributed by atoms with Gasteiger partial charge in [-0.3, -0.25) is 0 Å². The van der Waals surface area contributed by atoms with Crippen LogP contribution in [0.15, 0.2) is 181 Å². The van der Waals surface area contributed by atoms with Gasteiger partial charge in [0.05, 0.1) is 19.8 Å². The van der Waals surface area contributed by atoms with Crippen LogP contribution >= 0.6 is 0 Å². The van der Waals surface area contributed by atoms with Crippen LogP contribution in [0.3, 0.4) is 0 Å². The number of benzene rings is 6. The van der Waals surface area contributed by atoms with Gasteiger partial charge in [0.2, 0.25) is 0 Å². The Bertz CT molecular complexity index is 2450. The maximum absolute atomic E-state index is 13.6. The molecule has 13 nitrogen and oxygen atoms in total. The first-order chi connectivity index (χ1) is 31.9. The molecule has 0 saturated carbocycles. The average molecular weight is 896 g/mol. The second-order valence-electron chi connectivity index (χ2n) is 17.1. The van der Waals surface area contributed by atoms with Crippen LogP contribution in [-0.2, 0) is 41.6 Å². The fourth-order valence-corrected chi connectivity index (χ4v) is 9.13. The third-order valence-electron chi connectivity index (χ3n) is 12.7. The second kappa shape index (κ2) is 21.5. The van der Waals surface area contributed by atoms with Crippen molar-refractivity contribution in [3.63, 3.8) is 0 Å². The van der Waals surface area contributed by atoms with Gasteiger partial charge in [-0.2, -0.15) is 0 Å². The van der Waals surface area contributed by atoms with Crippen LogP contribution in [0.5, 0.6) is 11.5 Å². The predicted octanol–water partition coefficient (Wildman–Crippen LogP) is 6.35. The van der Waals surface area contributed by atoms with Crippen LogP contribution in [0.25, 0.3) is 10.4 Å². The molecule has 66 heavy (non-hydrogen) atoms. The SMILES string of the molecule is COc1ccc(OC[C@@H](O[C@H]2O[C@H](C(O)Cc3ccccc3)[C@](O)(Cc3ccccc3)[C@@](O)(Cc3ccccc3)[C@H]2N=[N+]=[N-])[C@](O)(Cc2ccccc2)[C@@](O)(CO)Cc2ccccc2)cc1. The van der Waals surface area contributed by atoms with Crippen molar-refractivity contribution in [3.05, 3.63) is 214 Å². The van der Waals surface area contributed by atoms with Gasteiger partial charge in [-0.15, -0.1) is 0 Å². The first kappa shape index (κ1) is 47.9. The van der Waals surface area contributed by atoms with Gasteiger partial charge in [-0.1, -0.05) is 157 Å². The van der Waals surface area contributed by atoms with Gasteiger partial charge < -0.3 is 49.6 Å². The minimum atomic E-state index is -2.46. The lowest BCUT2D eigenvalue weighted by Crippen LogP contribution is -2.78. The second-order valence-corrected chi connectivity index (χ2v) is 17.1. The topological polar surface area (TPSA) is 207 Å². The third kappa shape index (κ3) is 10.6. The van der Waals surface area contributed by atoms with E-state index in [4.69, 9.17) is 18.9 Å². The summed E-state index contributed by atoms with van der Waals surface area (Å²) in [6.45, 7) is -1.45. The largest absolute Gasteiger partial charge is 0.497 e. The average Bonchev–Trinajstić information content (AvgIpc) is 3.34. The lowest BCUT2D eigenvalue weighted by molar-refractivity contribution is -0.363. The van der Waals surface area contributed by atoms with E-state index in [2.05, 4.69) is 10.0 Å². The molecule has 0 spiro atoms. The van der Waals surface area contributed by atoms with Crippen LogP contribution < -0.4 is 9.47 Å². The number of methoxy groups -OCH3 is 1. The minimum Gasteiger partial charge on any atom is -0.497 e. The van der Waals surface area contributed by atoms with E-state index in [1.807, 2.05) is 36.4 Å². The summed E-state index contributed by atoms with van der Waals surface area (Å²) in [5.74, 6) is 0.883. The molecule has 7 rings (SSSR count). The summed E-state index contributed by atoms with van der Waals surface area (Å²) in [4.78, 5) is 3.16. The van der Waals surface area contributed by atoms with Gasteiger partial charge in [-0.25, -0.2) is 0 Å². The molecule has 9 atom stereocenters. The summed E-state index contributed by atoms with van der Waals surface area (Å²) in [5, 5.41) is 81.1. The quantitative estimate of drug-likeness (QED) is 0.0268. The van der Waals surface area contributed by atoms with Crippen molar-refractivity contribution in [2.45, 2.75) is 85.2 Å². The highest BCUT2D eigenvalue weighted by Crippen LogP contribution is 2.47. The Morgan fingerprint density at radius 1 is 0.652 bits per heavy atom. The van der Waals surface area contributed by atoms with Crippen molar-refractivity contribution in [3.8, 4) is 11.5 Å². The predicted molar refractivity (Wildman–Crippen MR) is 249 cm³/mol. The zero-order chi connectivity index (χ0) is 46.6. The van der Waals surface area contributed by atoms with Gasteiger partial charge >= 0.3 is 0 Å². The Kier molecular flexibility index (Phi) is 15.6. The molecule has 1 unspecified atom stereocenters. The van der Waals surface area contributed by atoms with Gasteiger partial charge in [0, 0.05) is 37.0 Å². The van der Waals surface area contributed by atoms with E-state index < -0.39 is 66.3 Å². The summed E-state index contributed by atoms with van der Waals surface area (Å²) in [5.41, 5.74) is 3.66. The molecule has 1 saturated heterocycles. The Labute approximate surface area is 384 Å². The number of nitrogens with zero attached hydrogens (tertiary/aromatic N) is 3. The van der Waals surface area contributed by atoms with E-state index in [0.29, 0.717) is 39.3 Å². The highest BCUT2D eigenvalue weighted by molar-refractivity contribution is 5.33. The molecule has 1 fully saturated rings. The van der Waals surface area contributed by atoms with Crippen molar-refractivity contribution in [2.24, 2.45) is 5.11 Å². The monoisotopic (exact) mass is 895 g/mol. The number of aliphatic hydroxyl groups excluding tert-OH is 2. The summed E-state index contributed by atoms with van der Waals surface area (Å²) in [6.07, 6.45) is -7.84. The van der Waals surface area contributed by atoms with Crippen LogP contribution in [0.1, 0.15) is 27.8 Å². The van der Waals surface area contributed by atoms with Gasteiger partial charge in [0.1, 0.15) is 58.8 Å². The summed E-state index contributed by atoms with van der Waals surface area (Å²) >= 11 is 0. The molecule has 6 aromatic rings.